The molecule has 5 heteroatoms. The summed E-state index contributed by atoms with van der Waals surface area (Å²) in [6.45, 7) is 7.34. The van der Waals surface area contributed by atoms with E-state index < -0.39 is 6.09 Å². The molecule has 0 rings (SSSR count). The monoisotopic (exact) mass is 254 g/mol. The second-order valence-corrected chi connectivity index (χ2v) is 4.09. The molecule has 102 valence electrons. The lowest BCUT2D eigenvalue weighted by Crippen LogP contribution is -2.41. The number of amides is 1. The summed E-state index contributed by atoms with van der Waals surface area (Å²) in [4.78, 5) is 11.5. The summed E-state index contributed by atoms with van der Waals surface area (Å²) in [5.74, 6) is 0.134. The van der Waals surface area contributed by atoms with Gasteiger partial charge in [-0.3, -0.25) is 0 Å². The van der Waals surface area contributed by atoms with Crippen molar-refractivity contribution in [1.29, 1.82) is 0 Å². The minimum Gasteiger partial charge on any atom is -0.445 e. The van der Waals surface area contributed by atoms with Crippen LogP contribution in [0.15, 0.2) is 36.6 Å². The lowest BCUT2D eigenvalue weighted by molar-refractivity contribution is 0.137. The Hall–Kier alpha value is -1.75. The van der Waals surface area contributed by atoms with Gasteiger partial charge >= 0.3 is 6.09 Å². The number of nitrogens with two attached hydrogens (primary N) is 1. The third-order valence-corrected chi connectivity index (χ3v) is 2.32. The Kier molecular flexibility index (Phi) is 8.39. The van der Waals surface area contributed by atoms with E-state index in [9.17, 15) is 4.79 Å². The van der Waals surface area contributed by atoms with Crippen molar-refractivity contribution in [2.45, 2.75) is 19.9 Å². The fraction of sp³-hybridized carbons (Fsp3) is 0.462. The van der Waals surface area contributed by atoms with E-state index in [1.807, 2.05) is 13.8 Å². The van der Waals surface area contributed by atoms with Crippen LogP contribution in [0.5, 0.6) is 0 Å². The minimum absolute atomic E-state index is 0.0990. The molecule has 0 bridgehead atoms. The predicted molar refractivity (Wildman–Crippen MR) is 71.8 cm³/mol. The average Bonchev–Trinajstić information content (AvgIpc) is 2.33. The van der Waals surface area contributed by atoms with Crippen LogP contribution >= 0.6 is 0 Å². The Morgan fingerprint density at radius 1 is 1.56 bits per heavy atom. The second-order valence-electron chi connectivity index (χ2n) is 4.09. The highest BCUT2D eigenvalue weighted by molar-refractivity contribution is 5.67. The molecule has 0 saturated carbocycles. The summed E-state index contributed by atoms with van der Waals surface area (Å²) in [7, 11) is 0. The van der Waals surface area contributed by atoms with Crippen molar-refractivity contribution in [1.82, 2.24) is 5.32 Å². The number of aliphatic hydroxyl groups is 1. The number of alkyl carbamates (subject to hydrolysis) is 1. The summed E-state index contributed by atoms with van der Waals surface area (Å²) < 4.78 is 5.01. The summed E-state index contributed by atoms with van der Waals surface area (Å²) in [5, 5.41) is 11.7. The average molecular weight is 254 g/mol. The van der Waals surface area contributed by atoms with Crippen molar-refractivity contribution in [3.63, 3.8) is 0 Å². The molecule has 0 aromatic rings. The maximum absolute atomic E-state index is 11.5. The molecule has 0 aliphatic rings. The number of hydrogen-bond acceptors (Lipinski definition) is 4. The molecule has 1 atom stereocenters. The standard InChI is InChI=1S/C13H22N2O3/c1-4-5-11(6-7-14)9-18-13(17)15-12(8-16)10(2)3/h4-7,10,12,16H,1,8-9,14H2,2-3H3,(H,15,17)/b7-6-,11-5+/t12-/m0/s1. The van der Waals surface area contributed by atoms with Crippen molar-refractivity contribution in [2.75, 3.05) is 13.2 Å². The number of ether oxygens (including phenoxy) is 1. The van der Waals surface area contributed by atoms with Gasteiger partial charge in [-0.05, 0) is 23.8 Å². The summed E-state index contributed by atoms with van der Waals surface area (Å²) in [6, 6.07) is -0.311. The Morgan fingerprint density at radius 3 is 2.67 bits per heavy atom. The molecule has 1 amide bonds. The van der Waals surface area contributed by atoms with Crippen LogP contribution in [0.1, 0.15) is 13.8 Å². The molecule has 0 aliphatic heterocycles. The summed E-state index contributed by atoms with van der Waals surface area (Å²) >= 11 is 0. The predicted octanol–water partition coefficient (Wildman–Crippen LogP) is 1.31. The maximum atomic E-state index is 11.5. The van der Waals surface area contributed by atoms with Gasteiger partial charge in [-0.15, -0.1) is 0 Å². The number of hydrogen-bond donors (Lipinski definition) is 3. The van der Waals surface area contributed by atoms with Gasteiger partial charge in [0.15, 0.2) is 0 Å². The molecular formula is C13H22N2O3. The third-order valence-electron chi connectivity index (χ3n) is 2.32. The molecular weight excluding hydrogens is 232 g/mol. The molecule has 0 saturated heterocycles. The van der Waals surface area contributed by atoms with Crippen molar-refractivity contribution >= 4 is 6.09 Å². The van der Waals surface area contributed by atoms with Crippen LogP contribution in [0, 0.1) is 5.92 Å². The lowest BCUT2D eigenvalue weighted by atomic mass is 10.1. The number of rotatable bonds is 7. The van der Waals surface area contributed by atoms with Gasteiger partial charge in [0, 0.05) is 0 Å². The molecule has 0 heterocycles. The Morgan fingerprint density at radius 2 is 2.22 bits per heavy atom. The quantitative estimate of drug-likeness (QED) is 0.598. The zero-order valence-electron chi connectivity index (χ0n) is 10.9. The highest BCUT2D eigenvalue weighted by Gasteiger charge is 2.15. The second kappa shape index (κ2) is 9.30. The van der Waals surface area contributed by atoms with Crippen molar-refractivity contribution in [2.24, 2.45) is 11.7 Å². The normalized spacial score (nSPS) is 13.7. The molecule has 0 fully saturated rings. The molecule has 0 aromatic heterocycles. The first-order valence-corrected chi connectivity index (χ1v) is 5.79. The molecule has 0 spiro atoms. The number of carbonyl (C=O) groups is 1. The fourth-order valence-electron chi connectivity index (χ4n) is 1.19. The van der Waals surface area contributed by atoms with E-state index in [4.69, 9.17) is 15.6 Å². The fourth-order valence-corrected chi connectivity index (χ4v) is 1.19. The van der Waals surface area contributed by atoms with Crippen LogP contribution in [-0.4, -0.2) is 30.5 Å². The molecule has 0 aromatic carbocycles. The van der Waals surface area contributed by atoms with E-state index in [1.54, 1.807) is 18.2 Å². The topological polar surface area (TPSA) is 84.6 Å². The van der Waals surface area contributed by atoms with Crippen LogP contribution in [0.4, 0.5) is 4.79 Å². The summed E-state index contributed by atoms with van der Waals surface area (Å²) in [5.41, 5.74) is 5.99. The van der Waals surface area contributed by atoms with Gasteiger partial charge in [-0.2, -0.15) is 0 Å². The molecule has 0 radical (unpaired) electrons. The Balaban J connectivity index is 4.24. The maximum Gasteiger partial charge on any atom is 0.407 e. The number of nitrogens with one attached hydrogen (secondary N) is 1. The van der Waals surface area contributed by atoms with Crippen LogP contribution < -0.4 is 11.1 Å². The lowest BCUT2D eigenvalue weighted by Gasteiger charge is -2.19. The van der Waals surface area contributed by atoms with Crippen LogP contribution in [-0.2, 0) is 4.74 Å². The van der Waals surface area contributed by atoms with E-state index in [1.165, 1.54) is 6.20 Å². The van der Waals surface area contributed by atoms with Crippen LogP contribution in [0.2, 0.25) is 0 Å². The number of allylic oxidation sites excluding steroid dienone is 2. The van der Waals surface area contributed by atoms with Gasteiger partial charge in [0.25, 0.3) is 0 Å². The highest BCUT2D eigenvalue weighted by Crippen LogP contribution is 2.02. The molecule has 0 unspecified atom stereocenters. The first-order chi connectivity index (χ1) is 8.54. The van der Waals surface area contributed by atoms with Gasteiger partial charge in [0.05, 0.1) is 12.6 Å². The van der Waals surface area contributed by atoms with E-state index in [0.29, 0.717) is 0 Å². The molecule has 5 nitrogen and oxygen atoms in total. The van der Waals surface area contributed by atoms with Gasteiger partial charge in [-0.1, -0.05) is 32.6 Å². The smallest absolute Gasteiger partial charge is 0.407 e. The molecule has 0 aliphatic carbocycles. The van der Waals surface area contributed by atoms with E-state index >= 15 is 0 Å². The number of aliphatic hydroxyl groups excluding tert-OH is 1. The van der Waals surface area contributed by atoms with E-state index in [2.05, 4.69) is 11.9 Å². The molecule has 18 heavy (non-hydrogen) atoms. The van der Waals surface area contributed by atoms with Gasteiger partial charge < -0.3 is 20.9 Å². The SMILES string of the molecule is C=C/C=C(\C=C/N)COC(=O)N[C@@H](CO)C(C)C. The molecule has 4 N–H and O–H groups in total. The van der Waals surface area contributed by atoms with Gasteiger partial charge in [0.1, 0.15) is 6.61 Å². The van der Waals surface area contributed by atoms with E-state index in [0.717, 1.165) is 5.57 Å². The van der Waals surface area contributed by atoms with Gasteiger partial charge in [-0.25, -0.2) is 4.79 Å². The van der Waals surface area contributed by atoms with Gasteiger partial charge in [0.2, 0.25) is 0 Å². The third kappa shape index (κ3) is 6.75. The Bertz CT molecular complexity index is 322. The zero-order chi connectivity index (χ0) is 14.0. The Labute approximate surface area is 108 Å². The minimum atomic E-state index is -0.567. The van der Waals surface area contributed by atoms with E-state index in [-0.39, 0.29) is 25.2 Å². The first-order valence-electron chi connectivity index (χ1n) is 5.79. The van der Waals surface area contributed by atoms with Crippen LogP contribution in [0.3, 0.4) is 0 Å². The zero-order valence-corrected chi connectivity index (χ0v) is 10.9. The van der Waals surface area contributed by atoms with Crippen molar-refractivity contribution in [3.05, 3.63) is 36.6 Å². The van der Waals surface area contributed by atoms with Crippen LogP contribution in [0.25, 0.3) is 0 Å². The number of carbonyl (C=O) groups excluding carboxylic acids is 1. The van der Waals surface area contributed by atoms with Crippen molar-refractivity contribution in [3.8, 4) is 0 Å². The first kappa shape index (κ1) is 16.2. The highest BCUT2D eigenvalue weighted by atomic mass is 16.5. The van der Waals surface area contributed by atoms with Crippen molar-refractivity contribution < 1.29 is 14.6 Å². The largest absolute Gasteiger partial charge is 0.445 e. The summed E-state index contributed by atoms with van der Waals surface area (Å²) in [6.07, 6.45) is 5.70.